The fourth-order valence-electron chi connectivity index (χ4n) is 2.70. The largest absolute Gasteiger partial charge is 0.324 e. The zero-order valence-corrected chi connectivity index (χ0v) is 15.1. The lowest BCUT2D eigenvalue weighted by molar-refractivity contribution is 0.602. The molecule has 4 rings (SSSR count). The fourth-order valence-corrected chi connectivity index (χ4v) is 3.33. The number of halogens is 1. The Morgan fingerprint density at radius 2 is 1.70 bits per heavy atom. The lowest BCUT2D eigenvalue weighted by Gasteiger charge is -2.08. The van der Waals surface area contributed by atoms with E-state index in [0.29, 0.717) is 17.3 Å². The molecule has 0 saturated heterocycles. The number of nitrogens with one attached hydrogen (secondary N) is 1. The third-order valence-electron chi connectivity index (χ3n) is 4.07. The molecule has 2 heterocycles. The van der Waals surface area contributed by atoms with Crippen LogP contribution in [0, 0.1) is 5.82 Å². The second kappa shape index (κ2) is 6.48. The maximum atomic E-state index is 13.0. The molecule has 0 bridgehead atoms. The number of hydrogen-bond acceptors (Lipinski definition) is 5. The smallest absolute Gasteiger partial charge is 0.229 e. The average molecular weight is 382 g/mol. The van der Waals surface area contributed by atoms with Gasteiger partial charge in [-0.15, -0.1) is 0 Å². The van der Waals surface area contributed by atoms with Gasteiger partial charge in [0.25, 0.3) is 0 Å². The van der Waals surface area contributed by atoms with Crippen LogP contribution in [0.4, 0.5) is 16.0 Å². The van der Waals surface area contributed by atoms with Crippen LogP contribution in [0.15, 0.2) is 71.9 Å². The molecular formula is C19H15FN4O2S. The second-order valence-corrected chi connectivity index (χ2v) is 8.07. The molecule has 136 valence electrons. The minimum Gasteiger partial charge on any atom is -0.324 e. The van der Waals surface area contributed by atoms with Crippen LogP contribution in [0.1, 0.15) is 0 Å². The van der Waals surface area contributed by atoms with Gasteiger partial charge in [-0.05, 0) is 54.6 Å². The van der Waals surface area contributed by atoms with Crippen molar-refractivity contribution in [1.82, 2.24) is 14.5 Å². The van der Waals surface area contributed by atoms with Crippen LogP contribution in [-0.2, 0) is 9.84 Å². The van der Waals surface area contributed by atoms with Crippen molar-refractivity contribution >= 4 is 32.5 Å². The summed E-state index contributed by atoms with van der Waals surface area (Å²) in [6.45, 7) is 0. The Morgan fingerprint density at radius 3 is 2.37 bits per heavy atom. The third-order valence-corrected chi connectivity index (χ3v) is 5.20. The first kappa shape index (κ1) is 17.2. The van der Waals surface area contributed by atoms with E-state index in [2.05, 4.69) is 15.3 Å². The van der Waals surface area contributed by atoms with Gasteiger partial charge in [-0.25, -0.2) is 17.8 Å². The lowest BCUT2D eigenvalue weighted by atomic mass is 10.3. The van der Waals surface area contributed by atoms with Crippen LogP contribution in [0.25, 0.3) is 16.7 Å². The van der Waals surface area contributed by atoms with Gasteiger partial charge in [0.15, 0.2) is 9.84 Å². The molecule has 6 nitrogen and oxygen atoms in total. The highest BCUT2D eigenvalue weighted by Gasteiger charge is 2.10. The summed E-state index contributed by atoms with van der Waals surface area (Å²) in [4.78, 5) is 9.06. The second-order valence-electron chi connectivity index (χ2n) is 6.06. The summed E-state index contributed by atoms with van der Waals surface area (Å²) >= 11 is 0. The van der Waals surface area contributed by atoms with Gasteiger partial charge in [0.05, 0.1) is 4.90 Å². The van der Waals surface area contributed by atoms with Gasteiger partial charge in [-0.3, -0.25) is 0 Å². The Balaban J connectivity index is 1.70. The zero-order valence-electron chi connectivity index (χ0n) is 14.3. The van der Waals surface area contributed by atoms with Gasteiger partial charge in [-0.2, -0.15) is 4.98 Å². The highest BCUT2D eigenvalue weighted by molar-refractivity contribution is 7.90. The van der Waals surface area contributed by atoms with E-state index >= 15 is 0 Å². The standard InChI is InChI=1S/C19H15FN4O2S/c1-27(25,26)17-8-6-16(7-9-17)24-11-10-13-12-21-19(23-18(13)24)22-15-4-2-14(20)3-5-15/h2-12H,1H3,(H,21,22,23). The van der Waals surface area contributed by atoms with Gasteiger partial charge in [0.1, 0.15) is 11.5 Å². The summed E-state index contributed by atoms with van der Waals surface area (Å²) in [6, 6.07) is 14.4. The normalized spacial score (nSPS) is 11.6. The number of aromatic nitrogens is 3. The summed E-state index contributed by atoms with van der Waals surface area (Å²) < 4.78 is 38.1. The van der Waals surface area contributed by atoms with Crippen molar-refractivity contribution in [3.05, 3.63) is 72.8 Å². The molecule has 2 aromatic carbocycles. The average Bonchev–Trinajstić information content (AvgIpc) is 3.06. The van der Waals surface area contributed by atoms with Gasteiger partial charge >= 0.3 is 0 Å². The number of nitrogens with zero attached hydrogens (tertiary/aromatic N) is 3. The van der Waals surface area contributed by atoms with Crippen molar-refractivity contribution in [1.29, 1.82) is 0 Å². The van der Waals surface area contributed by atoms with Gasteiger partial charge in [-0.1, -0.05) is 0 Å². The van der Waals surface area contributed by atoms with E-state index in [1.165, 1.54) is 18.4 Å². The topological polar surface area (TPSA) is 76.9 Å². The molecule has 1 N–H and O–H groups in total. The summed E-state index contributed by atoms with van der Waals surface area (Å²) in [6.07, 6.45) is 4.71. The van der Waals surface area contributed by atoms with Crippen molar-refractivity contribution in [3.8, 4) is 5.69 Å². The Bertz CT molecular complexity index is 1220. The molecule has 0 fully saturated rings. The first-order chi connectivity index (χ1) is 12.9. The molecule has 0 aliphatic heterocycles. The SMILES string of the molecule is CS(=O)(=O)c1ccc(-n2ccc3cnc(Nc4ccc(F)cc4)nc32)cc1. The third kappa shape index (κ3) is 3.52. The quantitative estimate of drug-likeness (QED) is 0.582. The molecule has 0 amide bonds. The lowest BCUT2D eigenvalue weighted by Crippen LogP contribution is -2.01. The number of hydrogen-bond donors (Lipinski definition) is 1. The van der Waals surface area contributed by atoms with E-state index < -0.39 is 9.84 Å². The van der Waals surface area contributed by atoms with Crippen LogP contribution < -0.4 is 5.32 Å². The van der Waals surface area contributed by atoms with Crippen LogP contribution in [0.3, 0.4) is 0 Å². The summed E-state index contributed by atoms with van der Waals surface area (Å²) in [5, 5.41) is 3.88. The Kier molecular flexibility index (Phi) is 4.12. The molecule has 0 aliphatic rings. The molecule has 4 aromatic rings. The molecule has 0 unspecified atom stereocenters. The van der Waals surface area contributed by atoms with E-state index in [4.69, 9.17) is 0 Å². The predicted octanol–water partition coefficient (Wildman–Crippen LogP) is 3.71. The Labute approximate surface area is 155 Å². The van der Waals surface area contributed by atoms with Crippen molar-refractivity contribution in [2.75, 3.05) is 11.6 Å². The highest BCUT2D eigenvalue weighted by Crippen LogP contribution is 2.22. The molecule has 0 radical (unpaired) electrons. The molecule has 0 saturated carbocycles. The van der Waals surface area contributed by atoms with E-state index in [-0.39, 0.29) is 10.7 Å². The predicted molar refractivity (Wildman–Crippen MR) is 102 cm³/mol. The monoisotopic (exact) mass is 382 g/mol. The van der Waals surface area contributed by atoms with Crippen LogP contribution in [0.5, 0.6) is 0 Å². The number of sulfone groups is 1. The van der Waals surface area contributed by atoms with Crippen molar-refractivity contribution in [2.24, 2.45) is 0 Å². The minimum atomic E-state index is -3.25. The van der Waals surface area contributed by atoms with Gasteiger partial charge < -0.3 is 9.88 Å². The van der Waals surface area contributed by atoms with Crippen LogP contribution in [0.2, 0.25) is 0 Å². The van der Waals surface area contributed by atoms with Crippen LogP contribution in [-0.4, -0.2) is 29.2 Å². The molecule has 8 heteroatoms. The molecule has 0 spiro atoms. The first-order valence-electron chi connectivity index (χ1n) is 8.07. The number of benzene rings is 2. The minimum absolute atomic E-state index is 0.260. The van der Waals surface area contributed by atoms with Crippen LogP contribution >= 0.6 is 0 Å². The zero-order chi connectivity index (χ0) is 19.0. The molecule has 2 aromatic heterocycles. The van der Waals surface area contributed by atoms with Gasteiger partial charge in [0, 0.05) is 35.4 Å². The maximum Gasteiger partial charge on any atom is 0.229 e. The summed E-state index contributed by atoms with van der Waals surface area (Å²) in [7, 11) is -3.25. The summed E-state index contributed by atoms with van der Waals surface area (Å²) in [5.74, 6) is 0.0603. The molecule has 0 atom stereocenters. The number of rotatable bonds is 4. The number of fused-ring (bicyclic) bond motifs is 1. The van der Waals surface area contributed by atoms with Crippen molar-refractivity contribution < 1.29 is 12.8 Å². The highest BCUT2D eigenvalue weighted by atomic mass is 32.2. The van der Waals surface area contributed by atoms with E-state index in [1.807, 2.05) is 16.8 Å². The fraction of sp³-hybridized carbons (Fsp3) is 0.0526. The summed E-state index contributed by atoms with van der Waals surface area (Å²) in [5.41, 5.74) is 2.12. The van der Waals surface area contributed by atoms with Gasteiger partial charge in [0.2, 0.25) is 5.95 Å². The van der Waals surface area contributed by atoms with Crippen molar-refractivity contribution in [2.45, 2.75) is 4.90 Å². The molecule has 0 aliphatic carbocycles. The van der Waals surface area contributed by atoms with E-state index in [0.717, 1.165) is 11.1 Å². The van der Waals surface area contributed by atoms with E-state index in [1.54, 1.807) is 42.6 Å². The molecular weight excluding hydrogens is 367 g/mol. The first-order valence-corrected chi connectivity index (χ1v) is 9.96. The maximum absolute atomic E-state index is 13.0. The molecule has 27 heavy (non-hydrogen) atoms. The number of anilines is 2. The van der Waals surface area contributed by atoms with Crippen molar-refractivity contribution in [3.63, 3.8) is 0 Å². The van der Waals surface area contributed by atoms with E-state index in [9.17, 15) is 12.8 Å². The Hall–Kier alpha value is -3.26. The Morgan fingerprint density at radius 1 is 1.00 bits per heavy atom.